The maximum absolute atomic E-state index is 11.6. The Morgan fingerprint density at radius 3 is 2.93 bits per heavy atom. The first-order chi connectivity index (χ1) is 7.24. The van der Waals surface area contributed by atoms with Crippen LogP contribution in [-0.2, 0) is 9.53 Å². The van der Waals surface area contributed by atoms with Gasteiger partial charge in [-0.1, -0.05) is 11.6 Å². The summed E-state index contributed by atoms with van der Waals surface area (Å²) in [5.41, 5.74) is 0.834. The molecule has 1 unspecified atom stereocenters. The summed E-state index contributed by atoms with van der Waals surface area (Å²) < 4.78 is 4.81. The number of halogens is 1. The van der Waals surface area contributed by atoms with E-state index in [0.717, 1.165) is 18.4 Å². The molecule has 0 aromatic carbocycles. The van der Waals surface area contributed by atoms with E-state index in [9.17, 15) is 4.79 Å². The monoisotopic (exact) mass is 225 g/mol. The van der Waals surface area contributed by atoms with Crippen LogP contribution in [0.1, 0.15) is 24.3 Å². The van der Waals surface area contributed by atoms with Crippen LogP contribution in [-0.4, -0.2) is 18.1 Å². The summed E-state index contributed by atoms with van der Waals surface area (Å²) >= 11 is 6.02. The Morgan fingerprint density at radius 2 is 2.40 bits per heavy atom. The third-order valence-electron chi connectivity index (χ3n) is 2.69. The first-order valence-electron chi connectivity index (χ1n) is 4.91. The van der Waals surface area contributed by atoms with E-state index < -0.39 is 0 Å². The van der Waals surface area contributed by atoms with Gasteiger partial charge in [0.2, 0.25) is 0 Å². The Hall–Kier alpha value is -1.09. The highest BCUT2D eigenvalue weighted by Crippen LogP contribution is 2.44. The van der Waals surface area contributed by atoms with Crippen molar-refractivity contribution >= 4 is 17.6 Å². The van der Waals surface area contributed by atoms with E-state index in [1.54, 1.807) is 18.5 Å². The van der Waals surface area contributed by atoms with Gasteiger partial charge in [-0.05, 0) is 30.4 Å². The van der Waals surface area contributed by atoms with Gasteiger partial charge >= 0.3 is 5.97 Å². The number of aromatic nitrogens is 1. The Labute approximate surface area is 93.4 Å². The van der Waals surface area contributed by atoms with Crippen LogP contribution < -0.4 is 0 Å². The summed E-state index contributed by atoms with van der Waals surface area (Å²) in [7, 11) is 1.41. The third kappa shape index (κ3) is 2.12. The van der Waals surface area contributed by atoms with Crippen LogP contribution in [0.5, 0.6) is 0 Å². The molecule has 0 N–H and O–H groups in total. The molecule has 1 aromatic rings. The number of carbonyl (C=O) groups is 1. The van der Waals surface area contributed by atoms with E-state index >= 15 is 0 Å². The van der Waals surface area contributed by atoms with Crippen LogP contribution in [0, 0.1) is 5.92 Å². The highest BCUT2D eigenvalue weighted by atomic mass is 35.5. The van der Waals surface area contributed by atoms with Crippen molar-refractivity contribution in [3.63, 3.8) is 0 Å². The second-order valence-electron chi connectivity index (χ2n) is 3.74. The number of methoxy groups -OCH3 is 1. The quantitative estimate of drug-likeness (QED) is 0.742. The SMILES string of the molecule is COC(=O)C(c1ccncc1Cl)C1CC1. The van der Waals surface area contributed by atoms with Crippen molar-refractivity contribution in [2.75, 3.05) is 7.11 Å². The molecule has 0 aliphatic heterocycles. The van der Waals surface area contributed by atoms with Crippen molar-refractivity contribution in [3.8, 4) is 0 Å². The van der Waals surface area contributed by atoms with Gasteiger partial charge in [-0.25, -0.2) is 0 Å². The molecule has 4 heteroatoms. The molecule has 0 spiro atoms. The normalized spacial score (nSPS) is 17.2. The molecule has 3 nitrogen and oxygen atoms in total. The number of esters is 1. The fourth-order valence-corrected chi connectivity index (χ4v) is 2.00. The molecular weight excluding hydrogens is 214 g/mol. The second kappa shape index (κ2) is 4.19. The smallest absolute Gasteiger partial charge is 0.313 e. The summed E-state index contributed by atoms with van der Waals surface area (Å²) in [6.45, 7) is 0. The molecule has 1 fully saturated rings. The minimum atomic E-state index is -0.217. The fraction of sp³-hybridized carbons (Fsp3) is 0.455. The molecule has 1 atom stereocenters. The lowest BCUT2D eigenvalue weighted by Gasteiger charge is -2.14. The van der Waals surface area contributed by atoms with Gasteiger partial charge in [-0.15, -0.1) is 0 Å². The Balaban J connectivity index is 2.32. The zero-order valence-corrected chi connectivity index (χ0v) is 9.20. The molecule has 2 rings (SSSR count). The molecule has 1 heterocycles. The number of nitrogens with zero attached hydrogens (tertiary/aromatic N) is 1. The predicted octanol–water partition coefficient (Wildman–Crippen LogP) is 2.40. The standard InChI is InChI=1S/C11H12ClNO2/c1-15-11(14)10(7-2-3-7)8-4-5-13-6-9(8)12/h4-7,10H,2-3H2,1H3. The van der Waals surface area contributed by atoms with Gasteiger partial charge in [-0.2, -0.15) is 0 Å². The van der Waals surface area contributed by atoms with Gasteiger partial charge in [0.05, 0.1) is 18.1 Å². The predicted molar refractivity (Wildman–Crippen MR) is 56.7 cm³/mol. The van der Waals surface area contributed by atoms with E-state index in [4.69, 9.17) is 16.3 Å². The van der Waals surface area contributed by atoms with Gasteiger partial charge in [0.25, 0.3) is 0 Å². The highest BCUT2D eigenvalue weighted by Gasteiger charge is 2.39. The summed E-state index contributed by atoms with van der Waals surface area (Å²) in [6.07, 6.45) is 5.35. The summed E-state index contributed by atoms with van der Waals surface area (Å²) in [5.74, 6) is -0.0338. The minimum Gasteiger partial charge on any atom is -0.469 e. The van der Waals surface area contributed by atoms with Crippen molar-refractivity contribution in [1.82, 2.24) is 4.98 Å². The number of rotatable bonds is 3. The molecule has 1 saturated carbocycles. The van der Waals surface area contributed by atoms with E-state index in [1.807, 2.05) is 0 Å². The van der Waals surface area contributed by atoms with Crippen LogP contribution in [0.4, 0.5) is 0 Å². The lowest BCUT2D eigenvalue weighted by molar-refractivity contribution is -0.143. The summed E-state index contributed by atoms with van der Waals surface area (Å²) in [5, 5.41) is 0.541. The van der Waals surface area contributed by atoms with Crippen LogP contribution in [0.25, 0.3) is 0 Å². The third-order valence-corrected chi connectivity index (χ3v) is 3.00. The Morgan fingerprint density at radius 1 is 1.67 bits per heavy atom. The van der Waals surface area contributed by atoms with E-state index in [1.165, 1.54) is 7.11 Å². The van der Waals surface area contributed by atoms with Crippen LogP contribution >= 0.6 is 11.6 Å². The molecule has 15 heavy (non-hydrogen) atoms. The first kappa shape index (κ1) is 10.4. The van der Waals surface area contributed by atoms with E-state index in [-0.39, 0.29) is 11.9 Å². The number of pyridine rings is 1. The molecule has 1 aromatic heterocycles. The molecular formula is C11H12ClNO2. The molecule has 0 amide bonds. The molecule has 1 aliphatic rings. The zero-order valence-electron chi connectivity index (χ0n) is 8.44. The number of carbonyl (C=O) groups excluding carboxylic acids is 1. The topological polar surface area (TPSA) is 39.2 Å². The maximum atomic E-state index is 11.6. The number of hydrogen-bond donors (Lipinski definition) is 0. The van der Waals surface area contributed by atoms with E-state index in [2.05, 4.69) is 4.98 Å². The maximum Gasteiger partial charge on any atom is 0.313 e. The molecule has 0 saturated heterocycles. The Bertz CT molecular complexity index is 377. The average Bonchev–Trinajstić information content (AvgIpc) is 3.05. The zero-order chi connectivity index (χ0) is 10.8. The molecule has 1 aliphatic carbocycles. The Kier molecular flexibility index (Phi) is 2.91. The summed E-state index contributed by atoms with van der Waals surface area (Å²) in [4.78, 5) is 15.6. The van der Waals surface area contributed by atoms with Crippen LogP contribution in [0.15, 0.2) is 18.5 Å². The second-order valence-corrected chi connectivity index (χ2v) is 4.14. The van der Waals surface area contributed by atoms with Gasteiger partial charge in [0, 0.05) is 12.4 Å². The van der Waals surface area contributed by atoms with Crippen molar-refractivity contribution in [1.29, 1.82) is 0 Å². The first-order valence-corrected chi connectivity index (χ1v) is 5.29. The van der Waals surface area contributed by atoms with Gasteiger partial charge in [0.1, 0.15) is 0 Å². The highest BCUT2D eigenvalue weighted by molar-refractivity contribution is 6.31. The lowest BCUT2D eigenvalue weighted by Crippen LogP contribution is -2.16. The number of ether oxygens (including phenoxy) is 1. The summed E-state index contributed by atoms with van der Waals surface area (Å²) in [6, 6.07) is 1.79. The average molecular weight is 226 g/mol. The van der Waals surface area contributed by atoms with E-state index in [0.29, 0.717) is 10.9 Å². The molecule has 80 valence electrons. The van der Waals surface area contributed by atoms with Crippen LogP contribution in [0.2, 0.25) is 5.02 Å². The van der Waals surface area contributed by atoms with Gasteiger partial charge in [-0.3, -0.25) is 9.78 Å². The molecule has 0 radical (unpaired) electrons. The molecule has 0 bridgehead atoms. The van der Waals surface area contributed by atoms with Crippen LogP contribution in [0.3, 0.4) is 0 Å². The van der Waals surface area contributed by atoms with Crippen molar-refractivity contribution in [2.45, 2.75) is 18.8 Å². The fourth-order valence-electron chi connectivity index (χ4n) is 1.77. The number of hydrogen-bond acceptors (Lipinski definition) is 3. The van der Waals surface area contributed by atoms with Gasteiger partial charge in [0.15, 0.2) is 0 Å². The van der Waals surface area contributed by atoms with Crippen molar-refractivity contribution < 1.29 is 9.53 Å². The lowest BCUT2D eigenvalue weighted by atomic mass is 9.95. The van der Waals surface area contributed by atoms with Crippen molar-refractivity contribution in [2.24, 2.45) is 5.92 Å². The minimum absolute atomic E-state index is 0.203. The van der Waals surface area contributed by atoms with Crippen molar-refractivity contribution in [3.05, 3.63) is 29.0 Å². The largest absolute Gasteiger partial charge is 0.469 e. The van der Waals surface area contributed by atoms with Gasteiger partial charge < -0.3 is 4.74 Å².